The summed E-state index contributed by atoms with van der Waals surface area (Å²) in [5.74, 6) is 0. The van der Waals surface area contributed by atoms with Crippen molar-refractivity contribution >= 4 is 11.4 Å². The number of aryl methyl sites for hydroxylation is 2. The molecule has 2 aromatic carbocycles. The molecule has 2 nitrogen and oxygen atoms in total. The first-order valence-corrected chi connectivity index (χ1v) is 5.81. The summed E-state index contributed by atoms with van der Waals surface area (Å²) in [6, 6.07) is 14.5. The molecule has 0 saturated carbocycles. The first kappa shape index (κ1) is 11.5. The van der Waals surface area contributed by atoms with E-state index in [1.807, 2.05) is 12.1 Å². The predicted octanol–water partition coefficient (Wildman–Crippen LogP) is 3.50. The van der Waals surface area contributed by atoms with Crippen LogP contribution in [0.25, 0.3) is 0 Å². The zero-order valence-electron chi connectivity index (χ0n) is 10.3. The first-order chi connectivity index (χ1) is 8.15. The highest BCUT2D eigenvalue weighted by Crippen LogP contribution is 2.20. The average molecular weight is 226 g/mol. The van der Waals surface area contributed by atoms with Crippen LogP contribution in [0.1, 0.15) is 16.7 Å². The quantitative estimate of drug-likeness (QED) is 0.786. The van der Waals surface area contributed by atoms with Crippen molar-refractivity contribution in [2.45, 2.75) is 20.4 Å². The van der Waals surface area contributed by atoms with Crippen LogP contribution in [-0.2, 0) is 6.54 Å². The van der Waals surface area contributed by atoms with Gasteiger partial charge >= 0.3 is 0 Å². The molecule has 0 aliphatic carbocycles. The van der Waals surface area contributed by atoms with E-state index in [0.717, 1.165) is 17.9 Å². The Morgan fingerprint density at radius 2 is 1.59 bits per heavy atom. The number of anilines is 2. The highest BCUT2D eigenvalue weighted by molar-refractivity contribution is 5.66. The molecule has 2 aromatic rings. The van der Waals surface area contributed by atoms with Gasteiger partial charge in [0.15, 0.2) is 0 Å². The number of nitrogen functional groups attached to an aromatic ring is 1. The summed E-state index contributed by atoms with van der Waals surface area (Å²) in [6.45, 7) is 4.96. The Morgan fingerprint density at radius 1 is 0.941 bits per heavy atom. The molecule has 0 aromatic heterocycles. The third-order valence-electron chi connectivity index (χ3n) is 2.81. The maximum absolute atomic E-state index is 5.92. The van der Waals surface area contributed by atoms with E-state index in [2.05, 4.69) is 49.5 Å². The molecule has 0 radical (unpaired) electrons. The largest absolute Gasteiger partial charge is 0.397 e. The molecule has 3 N–H and O–H groups in total. The Kier molecular flexibility index (Phi) is 3.33. The first-order valence-electron chi connectivity index (χ1n) is 5.81. The second-order valence-corrected chi connectivity index (χ2v) is 4.43. The fraction of sp³-hybridized carbons (Fsp3) is 0.200. The smallest absolute Gasteiger partial charge is 0.0579 e. The molecular formula is C15H18N2. The number of nitrogens with two attached hydrogens (primary N) is 1. The standard InChI is InChI=1S/C15H18N2/c1-11-3-6-13(7-4-11)10-17-15-9-12(2)5-8-14(15)16/h3-9,17H,10,16H2,1-2H3. The number of hydrogen-bond acceptors (Lipinski definition) is 2. The Morgan fingerprint density at radius 3 is 2.29 bits per heavy atom. The monoisotopic (exact) mass is 226 g/mol. The van der Waals surface area contributed by atoms with E-state index in [1.54, 1.807) is 0 Å². The van der Waals surface area contributed by atoms with Crippen LogP contribution in [0.5, 0.6) is 0 Å². The molecule has 0 bridgehead atoms. The molecule has 0 fully saturated rings. The molecule has 2 rings (SSSR count). The molecule has 88 valence electrons. The molecule has 0 saturated heterocycles. The summed E-state index contributed by atoms with van der Waals surface area (Å²) in [5, 5.41) is 3.36. The third-order valence-corrected chi connectivity index (χ3v) is 2.81. The molecular weight excluding hydrogens is 208 g/mol. The van der Waals surface area contributed by atoms with Crippen molar-refractivity contribution in [3.8, 4) is 0 Å². The van der Waals surface area contributed by atoms with Gasteiger partial charge in [-0.3, -0.25) is 0 Å². The van der Waals surface area contributed by atoms with Crippen LogP contribution in [-0.4, -0.2) is 0 Å². The van der Waals surface area contributed by atoms with Gasteiger partial charge in [-0.2, -0.15) is 0 Å². The van der Waals surface area contributed by atoms with Crippen LogP contribution >= 0.6 is 0 Å². The van der Waals surface area contributed by atoms with Gasteiger partial charge in [-0.25, -0.2) is 0 Å². The number of rotatable bonds is 3. The van der Waals surface area contributed by atoms with Crippen LogP contribution in [0.15, 0.2) is 42.5 Å². The van der Waals surface area contributed by atoms with E-state index < -0.39 is 0 Å². The van der Waals surface area contributed by atoms with Gasteiger partial charge in [-0.05, 0) is 37.1 Å². The topological polar surface area (TPSA) is 38.0 Å². The van der Waals surface area contributed by atoms with Crippen molar-refractivity contribution in [2.24, 2.45) is 0 Å². The lowest BCUT2D eigenvalue weighted by Crippen LogP contribution is -2.02. The van der Waals surface area contributed by atoms with Crippen LogP contribution in [0.3, 0.4) is 0 Å². The second-order valence-electron chi connectivity index (χ2n) is 4.43. The lowest BCUT2D eigenvalue weighted by Gasteiger charge is -2.10. The highest BCUT2D eigenvalue weighted by Gasteiger charge is 1.99. The van der Waals surface area contributed by atoms with Gasteiger partial charge in [-0.15, -0.1) is 0 Å². The Hall–Kier alpha value is -1.96. The molecule has 0 unspecified atom stereocenters. The number of nitrogens with one attached hydrogen (secondary N) is 1. The summed E-state index contributed by atoms with van der Waals surface area (Å²) in [4.78, 5) is 0. The van der Waals surface area contributed by atoms with Crippen LogP contribution < -0.4 is 11.1 Å². The van der Waals surface area contributed by atoms with E-state index in [-0.39, 0.29) is 0 Å². The van der Waals surface area contributed by atoms with Crippen LogP contribution in [0, 0.1) is 13.8 Å². The van der Waals surface area contributed by atoms with E-state index >= 15 is 0 Å². The highest BCUT2D eigenvalue weighted by atomic mass is 14.9. The van der Waals surface area contributed by atoms with Crippen molar-refractivity contribution in [1.29, 1.82) is 0 Å². The van der Waals surface area contributed by atoms with Gasteiger partial charge in [0, 0.05) is 6.54 Å². The van der Waals surface area contributed by atoms with E-state index in [4.69, 9.17) is 5.73 Å². The third kappa shape index (κ3) is 3.00. The van der Waals surface area contributed by atoms with Crippen molar-refractivity contribution in [2.75, 3.05) is 11.1 Å². The van der Waals surface area contributed by atoms with Gasteiger partial charge in [0.05, 0.1) is 11.4 Å². The Bertz CT molecular complexity index is 501. The summed E-state index contributed by atoms with van der Waals surface area (Å²) in [6.07, 6.45) is 0. The van der Waals surface area contributed by atoms with Gasteiger partial charge in [-0.1, -0.05) is 35.9 Å². The van der Waals surface area contributed by atoms with Crippen molar-refractivity contribution in [3.05, 3.63) is 59.2 Å². The summed E-state index contributed by atoms with van der Waals surface area (Å²) < 4.78 is 0. The molecule has 17 heavy (non-hydrogen) atoms. The predicted molar refractivity (Wildman–Crippen MR) is 74.1 cm³/mol. The molecule has 2 heteroatoms. The lowest BCUT2D eigenvalue weighted by molar-refractivity contribution is 1.14. The maximum atomic E-state index is 5.92. The van der Waals surface area contributed by atoms with Crippen molar-refractivity contribution in [1.82, 2.24) is 0 Å². The fourth-order valence-electron chi connectivity index (χ4n) is 1.73. The summed E-state index contributed by atoms with van der Waals surface area (Å²) in [5.41, 5.74) is 11.5. The van der Waals surface area contributed by atoms with Gasteiger partial charge < -0.3 is 11.1 Å². The fourth-order valence-corrected chi connectivity index (χ4v) is 1.73. The Balaban J connectivity index is 2.07. The second kappa shape index (κ2) is 4.91. The number of benzene rings is 2. The minimum atomic E-state index is 0.794. The lowest BCUT2D eigenvalue weighted by atomic mass is 10.1. The van der Waals surface area contributed by atoms with Gasteiger partial charge in [0.25, 0.3) is 0 Å². The number of hydrogen-bond donors (Lipinski definition) is 2. The zero-order chi connectivity index (χ0) is 12.3. The SMILES string of the molecule is Cc1ccc(CNc2cc(C)ccc2N)cc1. The maximum Gasteiger partial charge on any atom is 0.0579 e. The molecule has 0 aliphatic heterocycles. The average Bonchev–Trinajstić information content (AvgIpc) is 2.32. The molecule has 0 amide bonds. The summed E-state index contributed by atoms with van der Waals surface area (Å²) >= 11 is 0. The van der Waals surface area contributed by atoms with E-state index in [9.17, 15) is 0 Å². The normalized spacial score (nSPS) is 10.2. The molecule has 0 atom stereocenters. The van der Waals surface area contributed by atoms with E-state index in [0.29, 0.717) is 0 Å². The zero-order valence-corrected chi connectivity index (χ0v) is 10.3. The van der Waals surface area contributed by atoms with E-state index in [1.165, 1.54) is 16.7 Å². The minimum absolute atomic E-state index is 0.794. The summed E-state index contributed by atoms with van der Waals surface area (Å²) in [7, 11) is 0. The molecule has 0 heterocycles. The Labute approximate surface area is 102 Å². The van der Waals surface area contributed by atoms with Crippen LogP contribution in [0.4, 0.5) is 11.4 Å². The van der Waals surface area contributed by atoms with Gasteiger partial charge in [0.2, 0.25) is 0 Å². The minimum Gasteiger partial charge on any atom is -0.397 e. The van der Waals surface area contributed by atoms with Crippen LogP contribution in [0.2, 0.25) is 0 Å². The van der Waals surface area contributed by atoms with Crippen molar-refractivity contribution < 1.29 is 0 Å². The van der Waals surface area contributed by atoms with Gasteiger partial charge in [0.1, 0.15) is 0 Å². The molecule has 0 aliphatic rings. The van der Waals surface area contributed by atoms with Crippen molar-refractivity contribution in [3.63, 3.8) is 0 Å². The molecule has 0 spiro atoms.